The Balaban J connectivity index is 1.83. The second-order valence-electron chi connectivity index (χ2n) is 8.10. The van der Waals surface area contributed by atoms with Crippen LogP contribution in [0.3, 0.4) is 0 Å². The molecule has 0 spiro atoms. The van der Waals surface area contributed by atoms with Crippen molar-refractivity contribution in [3.8, 4) is 0 Å². The molecule has 2 fully saturated rings. The summed E-state index contributed by atoms with van der Waals surface area (Å²) in [6.45, 7) is 7.03. The number of aromatic nitrogens is 2. The second-order valence-corrected chi connectivity index (χ2v) is 12.1. The highest BCUT2D eigenvalue weighted by Gasteiger charge is 2.37. The molecule has 2 unspecified atom stereocenters. The molecular weight excluding hydrogens is 388 g/mol. The van der Waals surface area contributed by atoms with E-state index in [0.29, 0.717) is 31.7 Å². The van der Waals surface area contributed by atoms with E-state index in [-0.39, 0.29) is 23.0 Å². The summed E-state index contributed by atoms with van der Waals surface area (Å²) < 4.78 is 47.9. The van der Waals surface area contributed by atoms with Gasteiger partial charge in [-0.25, -0.2) is 18.4 Å². The third-order valence-corrected chi connectivity index (χ3v) is 8.17. The highest BCUT2D eigenvalue weighted by molar-refractivity contribution is 7.93. The Labute approximate surface area is 164 Å². The van der Waals surface area contributed by atoms with Gasteiger partial charge in [-0.05, 0) is 52.4 Å². The van der Waals surface area contributed by atoms with E-state index in [9.17, 15) is 13.0 Å². The maximum absolute atomic E-state index is 12.7. The summed E-state index contributed by atoms with van der Waals surface area (Å²) in [5, 5.41) is -0.325. The number of ether oxygens (including phenoxy) is 1. The van der Waals surface area contributed by atoms with Crippen LogP contribution in [0.5, 0.6) is 0 Å². The Hall–Kier alpha value is -0.940. The molecular formula is C17H28N4O4S2. The lowest BCUT2D eigenvalue weighted by Crippen LogP contribution is -2.44. The van der Waals surface area contributed by atoms with Crippen molar-refractivity contribution >= 4 is 27.2 Å². The van der Waals surface area contributed by atoms with Crippen LogP contribution in [0.15, 0.2) is 12.4 Å². The predicted molar refractivity (Wildman–Crippen MR) is 105 cm³/mol. The van der Waals surface area contributed by atoms with Crippen LogP contribution in [0.1, 0.15) is 58.2 Å². The quantitative estimate of drug-likeness (QED) is 0.652. The van der Waals surface area contributed by atoms with Gasteiger partial charge in [0.15, 0.2) is 0 Å². The van der Waals surface area contributed by atoms with E-state index in [4.69, 9.17) is 4.74 Å². The van der Waals surface area contributed by atoms with E-state index in [1.807, 2.05) is 20.8 Å². The first-order valence-corrected chi connectivity index (χ1v) is 12.0. The van der Waals surface area contributed by atoms with Gasteiger partial charge in [0.25, 0.3) is 0 Å². The van der Waals surface area contributed by atoms with Crippen LogP contribution in [0.4, 0.5) is 5.82 Å². The molecule has 3 rings (SSSR count). The molecule has 2 heterocycles. The molecule has 27 heavy (non-hydrogen) atoms. The summed E-state index contributed by atoms with van der Waals surface area (Å²) in [5.41, 5.74) is 0.642. The van der Waals surface area contributed by atoms with Crippen LogP contribution in [0, 0.1) is 5.92 Å². The maximum atomic E-state index is 12.7. The molecule has 0 amide bonds. The van der Waals surface area contributed by atoms with E-state index in [2.05, 4.69) is 19.4 Å². The molecule has 1 saturated carbocycles. The summed E-state index contributed by atoms with van der Waals surface area (Å²) in [4.78, 5) is 8.42. The second kappa shape index (κ2) is 8.20. The van der Waals surface area contributed by atoms with Crippen molar-refractivity contribution in [1.82, 2.24) is 14.7 Å². The van der Waals surface area contributed by atoms with Gasteiger partial charge in [0.05, 0.1) is 17.0 Å². The first kappa shape index (κ1) is 20.8. The largest absolute Gasteiger partial charge is 0.598 e. The monoisotopic (exact) mass is 416 g/mol. The molecule has 2 N–H and O–H groups in total. The van der Waals surface area contributed by atoms with E-state index >= 15 is 0 Å². The van der Waals surface area contributed by atoms with Crippen molar-refractivity contribution in [1.29, 1.82) is 0 Å². The molecule has 1 aromatic rings. The third-order valence-electron chi connectivity index (χ3n) is 4.74. The van der Waals surface area contributed by atoms with E-state index in [0.717, 1.165) is 12.8 Å². The zero-order valence-electron chi connectivity index (χ0n) is 16.0. The fourth-order valence-corrected chi connectivity index (χ4v) is 5.17. The molecule has 1 aliphatic carbocycles. The Kier molecular flexibility index (Phi) is 6.31. The van der Waals surface area contributed by atoms with Gasteiger partial charge >= 0.3 is 0 Å². The lowest BCUT2D eigenvalue weighted by atomic mass is 9.90. The normalized spacial score (nSPS) is 21.6. The highest BCUT2D eigenvalue weighted by atomic mass is 32.2. The topological polar surface area (TPSA) is 116 Å². The minimum atomic E-state index is -3.39. The number of anilines is 1. The molecule has 1 aliphatic heterocycles. The van der Waals surface area contributed by atoms with Crippen LogP contribution in [-0.2, 0) is 26.1 Å². The van der Waals surface area contributed by atoms with Gasteiger partial charge in [-0.2, -0.15) is 0 Å². The molecule has 2 atom stereocenters. The number of hydrogen-bond acceptors (Lipinski definition) is 7. The van der Waals surface area contributed by atoms with Crippen LogP contribution in [0.2, 0.25) is 0 Å². The third kappa shape index (κ3) is 5.54. The van der Waals surface area contributed by atoms with Crippen molar-refractivity contribution in [3.63, 3.8) is 0 Å². The SMILES string of the molecule is CC(C)(C)[S+]([O-])NC(c1cc(NS(=O)(=O)C2CC2)ncn1)C1CCOCC1. The van der Waals surface area contributed by atoms with Gasteiger partial charge in [-0.1, -0.05) is 0 Å². The lowest BCUT2D eigenvalue weighted by Gasteiger charge is -2.33. The minimum absolute atomic E-state index is 0.202. The van der Waals surface area contributed by atoms with Gasteiger partial charge in [0, 0.05) is 30.6 Å². The minimum Gasteiger partial charge on any atom is -0.598 e. The molecule has 1 saturated heterocycles. The van der Waals surface area contributed by atoms with Gasteiger partial charge in [-0.3, -0.25) is 4.72 Å². The Bertz CT molecular complexity index is 744. The highest BCUT2D eigenvalue weighted by Crippen LogP contribution is 2.33. The van der Waals surface area contributed by atoms with Gasteiger partial charge < -0.3 is 9.29 Å². The Morgan fingerprint density at radius 2 is 1.89 bits per heavy atom. The number of hydrogen-bond donors (Lipinski definition) is 2. The summed E-state index contributed by atoms with van der Waals surface area (Å²) in [5.74, 6) is 0.458. The van der Waals surface area contributed by atoms with Gasteiger partial charge in [0.2, 0.25) is 10.0 Å². The number of nitrogens with zero attached hydrogens (tertiary/aromatic N) is 2. The van der Waals surface area contributed by atoms with Crippen LogP contribution < -0.4 is 9.44 Å². The van der Waals surface area contributed by atoms with E-state index in [1.54, 1.807) is 6.07 Å². The molecule has 152 valence electrons. The lowest BCUT2D eigenvalue weighted by molar-refractivity contribution is 0.0559. The zero-order valence-corrected chi connectivity index (χ0v) is 17.6. The van der Waals surface area contributed by atoms with Crippen LogP contribution in [-0.4, -0.2) is 46.1 Å². The molecule has 10 heteroatoms. The summed E-state index contributed by atoms with van der Waals surface area (Å²) >= 11 is -1.28. The molecule has 0 aromatic carbocycles. The fourth-order valence-electron chi connectivity index (χ4n) is 2.95. The first-order chi connectivity index (χ1) is 12.7. The molecule has 0 radical (unpaired) electrons. The Morgan fingerprint density at radius 1 is 1.22 bits per heavy atom. The number of rotatable bonds is 7. The van der Waals surface area contributed by atoms with Crippen LogP contribution >= 0.6 is 0 Å². The first-order valence-electron chi connectivity index (χ1n) is 9.26. The van der Waals surface area contributed by atoms with E-state index < -0.39 is 26.1 Å². The van der Waals surface area contributed by atoms with Crippen molar-refractivity contribution < 1.29 is 17.7 Å². The molecule has 2 aliphatic rings. The fraction of sp³-hybridized carbons (Fsp3) is 0.765. The van der Waals surface area contributed by atoms with Crippen molar-refractivity contribution in [3.05, 3.63) is 18.1 Å². The summed E-state index contributed by atoms with van der Waals surface area (Å²) in [6, 6.07) is 1.38. The van der Waals surface area contributed by atoms with E-state index in [1.165, 1.54) is 6.33 Å². The van der Waals surface area contributed by atoms with Crippen molar-refractivity contribution in [2.24, 2.45) is 5.92 Å². The maximum Gasteiger partial charge on any atom is 0.236 e. The predicted octanol–water partition coefficient (Wildman–Crippen LogP) is 1.90. The van der Waals surface area contributed by atoms with Gasteiger partial charge in [-0.15, -0.1) is 4.72 Å². The summed E-state index contributed by atoms with van der Waals surface area (Å²) in [7, 11) is -3.39. The van der Waals surface area contributed by atoms with Crippen LogP contribution in [0.25, 0.3) is 0 Å². The summed E-state index contributed by atoms with van der Waals surface area (Å²) in [6.07, 6.45) is 4.38. The molecule has 1 aromatic heterocycles. The molecule has 0 bridgehead atoms. The zero-order chi connectivity index (χ0) is 19.7. The molecule has 8 nitrogen and oxygen atoms in total. The van der Waals surface area contributed by atoms with Crippen molar-refractivity contribution in [2.75, 3.05) is 17.9 Å². The average molecular weight is 417 g/mol. The standard InChI is InChI=1S/C17H28N4O4S2/c1-17(2,3)26(22)20-16(12-6-8-25-9-7-12)14-10-15(19-11-18-14)21-27(23,24)13-4-5-13/h10-13,16,20H,4-9H2,1-3H3,(H,18,19,21). The van der Waals surface area contributed by atoms with Crippen molar-refractivity contribution in [2.45, 2.75) is 62.5 Å². The number of sulfonamides is 1. The average Bonchev–Trinajstić information content (AvgIpc) is 3.45. The van der Waals surface area contributed by atoms with Gasteiger partial charge in [0.1, 0.15) is 16.9 Å². The Morgan fingerprint density at radius 3 is 2.48 bits per heavy atom. The number of nitrogens with one attached hydrogen (secondary N) is 2. The smallest absolute Gasteiger partial charge is 0.236 e.